The van der Waals surface area contributed by atoms with Crippen molar-refractivity contribution in [2.24, 2.45) is 5.41 Å². The molecule has 0 aromatic carbocycles. The third-order valence-electron chi connectivity index (χ3n) is 6.28. The molecule has 0 spiro atoms. The van der Waals surface area contributed by atoms with Gasteiger partial charge in [-0.05, 0) is 57.9 Å². The Morgan fingerprint density at radius 3 is 2.03 bits per heavy atom. The summed E-state index contributed by atoms with van der Waals surface area (Å²) in [5.41, 5.74) is -0.489. The fourth-order valence-electron chi connectivity index (χ4n) is 4.26. The van der Waals surface area contributed by atoms with Gasteiger partial charge in [0, 0.05) is 6.54 Å². The Bertz CT molecular complexity index is 450. The molecule has 0 unspecified atom stereocenters. The quantitative estimate of drug-likeness (QED) is 0.184. The molecule has 0 radical (unpaired) electrons. The van der Waals surface area contributed by atoms with E-state index in [4.69, 9.17) is 0 Å². The third-order valence-corrected chi connectivity index (χ3v) is 6.28. The second-order valence-electron chi connectivity index (χ2n) is 8.91. The van der Waals surface area contributed by atoms with Crippen molar-refractivity contribution in [3.05, 3.63) is 24.3 Å². The van der Waals surface area contributed by atoms with E-state index in [1.807, 2.05) is 0 Å². The molecule has 0 aromatic rings. The molecule has 1 aliphatic carbocycles. The van der Waals surface area contributed by atoms with Crippen LogP contribution in [0.15, 0.2) is 24.3 Å². The molecule has 0 aliphatic heterocycles. The van der Waals surface area contributed by atoms with Crippen LogP contribution in [0.1, 0.15) is 116 Å². The molecule has 0 heterocycles. The number of unbranched alkanes of at least 4 members (excludes halogenated alkanes) is 9. The minimum atomic E-state index is -0.596. The summed E-state index contributed by atoms with van der Waals surface area (Å²) < 4.78 is 0. The highest BCUT2D eigenvalue weighted by Crippen LogP contribution is 2.35. The maximum Gasteiger partial charge on any atom is 0.310 e. The number of hydrogen-bond acceptors (Lipinski definition) is 2. The second-order valence-corrected chi connectivity index (χ2v) is 8.91. The monoisotopic (exact) mass is 405 g/mol. The molecule has 29 heavy (non-hydrogen) atoms. The maximum atomic E-state index is 11.6. The number of allylic oxidation sites excluding steroid dienone is 4. The van der Waals surface area contributed by atoms with Crippen molar-refractivity contribution in [2.75, 3.05) is 13.1 Å². The van der Waals surface area contributed by atoms with Crippen LogP contribution in [0.25, 0.3) is 0 Å². The highest BCUT2D eigenvalue weighted by molar-refractivity contribution is 5.75. The molecule has 1 fully saturated rings. The zero-order valence-corrected chi connectivity index (χ0v) is 19.1. The van der Waals surface area contributed by atoms with Crippen molar-refractivity contribution in [1.29, 1.82) is 0 Å². The summed E-state index contributed by atoms with van der Waals surface area (Å²) in [6.07, 6.45) is 29.5. The molecule has 3 heteroatoms. The van der Waals surface area contributed by atoms with Crippen LogP contribution in [0, 0.1) is 5.41 Å². The molecular formula is C26H47NO2. The number of carboxylic acids is 1. The Kier molecular flexibility index (Phi) is 15.9. The summed E-state index contributed by atoms with van der Waals surface area (Å²) in [5.74, 6) is -0.596. The Morgan fingerprint density at radius 1 is 0.828 bits per heavy atom. The van der Waals surface area contributed by atoms with Crippen LogP contribution in [-0.4, -0.2) is 24.2 Å². The molecule has 1 rings (SSSR count). The number of hydrogen-bond donors (Lipinski definition) is 2. The van der Waals surface area contributed by atoms with Gasteiger partial charge >= 0.3 is 5.97 Å². The van der Waals surface area contributed by atoms with E-state index >= 15 is 0 Å². The minimum absolute atomic E-state index is 0.489. The zero-order chi connectivity index (χ0) is 21.0. The van der Waals surface area contributed by atoms with Crippen LogP contribution in [0.2, 0.25) is 0 Å². The van der Waals surface area contributed by atoms with Gasteiger partial charge in [0.15, 0.2) is 0 Å². The van der Waals surface area contributed by atoms with Gasteiger partial charge < -0.3 is 10.4 Å². The van der Waals surface area contributed by atoms with Gasteiger partial charge in [0.1, 0.15) is 0 Å². The Labute approximate surface area is 180 Å². The lowest BCUT2D eigenvalue weighted by molar-refractivity contribution is -0.150. The summed E-state index contributed by atoms with van der Waals surface area (Å²) in [6.45, 7) is 3.87. The van der Waals surface area contributed by atoms with Gasteiger partial charge in [0.25, 0.3) is 0 Å². The first-order chi connectivity index (χ1) is 14.2. The summed E-state index contributed by atoms with van der Waals surface area (Å²) in [5, 5.41) is 13.0. The fraction of sp³-hybridized carbons (Fsp3) is 0.808. The molecule has 0 saturated heterocycles. The van der Waals surface area contributed by atoms with Gasteiger partial charge in [-0.2, -0.15) is 0 Å². The van der Waals surface area contributed by atoms with Crippen molar-refractivity contribution >= 4 is 5.97 Å². The first kappa shape index (κ1) is 25.9. The van der Waals surface area contributed by atoms with Crippen molar-refractivity contribution in [3.8, 4) is 0 Å². The lowest BCUT2D eigenvalue weighted by atomic mass is 9.74. The lowest BCUT2D eigenvalue weighted by Gasteiger charge is -2.33. The van der Waals surface area contributed by atoms with Gasteiger partial charge in [-0.3, -0.25) is 4.79 Å². The molecule has 0 amide bonds. The second kappa shape index (κ2) is 17.7. The van der Waals surface area contributed by atoms with Crippen molar-refractivity contribution in [3.63, 3.8) is 0 Å². The standard InChI is InChI=1S/C26H47NO2/c1-2-3-4-5-6-7-8-9-10-11-12-13-14-15-16-20-23-27-24-26(25(28)29)21-18-17-19-22-26/h6-7,9-10,27H,2-5,8,11-24H2,1H3,(H,28,29)/b7-6-,10-9-. The third kappa shape index (κ3) is 12.9. The largest absolute Gasteiger partial charge is 0.481 e. The molecule has 1 saturated carbocycles. The van der Waals surface area contributed by atoms with Gasteiger partial charge in [0.2, 0.25) is 0 Å². The van der Waals surface area contributed by atoms with Crippen LogP contribution in [-0.2, 0) is 4.79 Å². The summed E-state index contributed by atoms with van der Waals surface area (Å²) in [4.78, 5) is 11.6. The van der Waals surface area contributed by atoms with Crippen molar-refractivity contribution < 1.29 is 9.90 Å². The lowest BCUT2D eigenvalue weighted by Crippen LogP contribution is -2.42. The number of carbonyl (C=O) groups is 1. The molecule has 1 aliphatic rings. The van der Waals surface area contributed by atoms with Crippen LogP contribution in [0.4, 0.5) is 0 Å². The van der Waals surface area contributed by atoms with Gasteiger partial charge in [0.05, 0.1) is 5.41 Å². The van der Waals surface area contributed by atoms with Crippen LogP contribution >= 0.6 is 0 Å². The van der Waals surface area contributed by atoms with E-state index in [0.29, 0.717) is 6.54 Å². The smallest absolute Gasteiger partial charge is 0.310 e. The molecule has 168 valence electrons. The van der Waals surface area contributed by atoms with Gasteiger partial charge in [-0.15, -0.1) is 0 Å². The van der Waals surface area contributed by atoms with E-state index in [-0.39, 0.29) is 0 Å². The predicted octanol–water partition coefficient (Wildman–Crippen LogP) is 7.42. The van der Waals surface area contributed by atoms with E-state index < -0.39 is 11.4 Å². The molecule has 0 aromatic heterocycles. The molecular weight excluding hydrogens is 358 g/mol. The van der Waals surface area contributed by atoms with Gasteiger partial charge in [-0.1, -0.05) is 89.0 Å². The van der Waals surface area contributed by atoms with E-state index in [0.717, 1.165) is 38.6 Å². The number of carboxylic acid groups (broad SMARTS) is 1. The van der Waals surface area contributed by atoms with Crippen molar-refractivity contribution in [2.45, 2.75) is 116 Å². The normalized spacial score (nSPS) is 16.7. The average Bonchev–Trinajstić information content (AvgIpc) is 2.73. The van der Waals surface area contributed by atoms with Crippen LogP contribution < -0.4 is 5.32 Å². The zero-order valence-electron chi connectivity index (χ0n) is 19.1. The Morgan fingerprint density at radius 2 is 1.41 bits per heavy atom. The maximum absolute atomic E-state index is 11.6. The fourth-order valence-corrected chi connectivity index (χ4v) is 4.26. The summed E-state index contributed by atoms with van der Waals surface area (Å²) in [7, 11) is 0. The van der Waals surface area contributed by atoms with E-state index in [2.05, 4.69) is 36.5 Å². The number of rotatable bonds is 18. The minimum Gasteiger partial charge on any atom is -0.481 e. The van der Waals surface area contributed by atoms with Crippen LogP contribution in [0.3, 0.4) is 0 Å². The Hall–Kier alpha value is -1.09. The highest BCUT2D eigenvalue weighted by atomic mass is 16.4. The van der Waals surface area contributed by atoms with E-state index in [9.17, 15) is 9.90 Å². The molecule has 0 atom stereocenters. The van der Waals surface area contributed by atoms with E-state index in [1.165, 1.54) is 77.0 Å². The number of nitrogens with one attached hydrogen (secondary N) is 1. The molecule has 3 nitrogen and oxygen atoms in total. The van der Waals surface area contributed by atoms with E-state index in [1.54, 1.807) is 0 Å². The average molecular weight is 406 g/mol. The van der Waals surface area contributed by atoms with Crippen LogP contribution in [0.5, 0.6) is 0 Å². The highest BCUT2D eigenvalue weighted by Gasteiger charge is 2.38. The first-order valence-electron chi connectivity index (χ1n) is 12.5. The SMILES string of the molecule is CCCCC/C=C\C/C=C\CCCCCCCCNCC1(C(=O)O)CCCCC1. The summed E-state index contributed by atoms with van der Waals surface area (Å²) >= 11 is 0. The molecule has 2 N–H and O–H groups in total. The van der Waals surface area contributed by atoms with Crippen molar-refractivity contribution in [1.82, 2.24) is 5.32 Å². The molecule has 0 bridgehead atoms. The predicted molar refractivity (Wildman–Crippen MR) is 125 cm³/mol. The number of aliphatic carboxylic acids is 1. The first-order valence-corrected chi connectivity index (χ1v) is 12.5. The summed E-state index contributed by atoms with van der Waals surface area (Å²) in [6, 6.07) is 0. The Balaban J connectivity index is 1.87. The topological polar surface area (TPSA) is 49.3 Å². The van der Waals surface area contributed by atoms with Gasteiger partial charge in [-0.25, -0.2) is 0 Å².